The van der Waals surface area contributed by atoms with E-state index in [0.29, 0.717) is 0 Å². The Labute approximate surface area is 493 Å². The second kappa shape index (κ2) is 64.3. The van der Waals surface area contributed by atoms with E-state index in [1.165, 1.54) is 0 Å². The molecular formula is C45H117F6N18O13P. The maximum Gasteiger partial charge on any atom is 0.442 e. The number of aliphatic hydroxyl groups is 9. The molecule has 512 valence electrons. The molecule has 0 aromatic carbocycles. The third-order valence-corrected chi connectivity index (χ3v) is 7.20. The second-order valence-corrected chi connectivity index (χ2v) is 20.1. The first-order valence-electron chi connectivity index (χ1n) is 22.9. The predicted octanol–water partition coefficient (Wildman–Crippen LogP) is -23.2. The van der Waals surface area contributed by atoms with Crippen molar-refractivity contribution in [1.82, 2.24) is 44.1 Å². The largest absolute Gasteiger partial charge is 1.00 e. The van der Waals surface area contributed by atoms with Gasteiger partial charge in [0.25, 0.3) is 0 Å². The topological polar surface area (TPSA) is 325 Å². The van der Waals surface area contributed by atoms with E-state index in [9.17, 15) is 0 Å². The fourth-order valence-corrected chi connectivity index (χ4v) is 3.60. The normalized spacial score (nSPS) is 8.08. The van der Waals surface area contributed by atoms with Crippen molar-refractivity contribution < 1.29 is 135 Å². The van der Waals surface area contributed by atoms with Crippen molar-refractivity contribution in [2.45, 2.75) is 0 Å². The lowest BCUT2D eigenvalue weighted by Crippen LogP contribution is -3.00. The fourth-order valence-electron chi connectivity index (χ4n) is 3.60. The molecule has 0 aliphatic heterocycles. The Morgan fingerprint density at radius 2 is 0.253 bits per heavy atom. The van der Waals surface area contributed by atoms with Crippen molar-refractivity contribution in [3.63, 3.8) is 0 Å². The first-order valence-corrected chi connectivity index (χ1v) is 24.3. The molecule has 0 saturated heterocycles. The maximum absolute atomic E-state index is 8.97. The molecule has 0 spiro atoms. The average Bonchev–Trinajstić information content (AvgIpc) is 3.26. The minimum Gasteiger partial charge on any atom is -1.00 e. The molecular weight excluding hydrogens is 1150 g/mol. The summed E-state index contributed by atoms with van der Waals surface area (Å²) in [5, 5.41) is 80.8. The molecule has 0 bridgehead atoms. The summed E-state index contributed by atoms with van der Waals surface area (Å²) in [6.07, 6.45) is 0. The Morgan fingerprint density at radius 1 is 0.217 bits per heavy atom. The first-order chi connectivity index (χ1) is 34.0. The van der Waals surface area contributed by atoms with E-state index in [1.54, 1.807) is 339 Å². The molecule has 0 aliphatic rings. The Hall–Kier alpha value is -6.88. The van der Waals surface area contributed by atoms with Crippen molar-refractivity contribution in [2.24, 2.45) is 0 Å². The summed E-state index contributed by atoms with van der Waals surface area (Å²) in [6, 6.07) is 2.42. The van der Waals surface area contributed by atoms with E-state index in [1.807, 2.05) is 0 Å². The van der Waals surface area contributed by atoms with Crippen LogP contribution in [0.4, 0.5) is 0 Å². The van der Waals surface area contributed by atoms with Gasteiger partial charge in [-0.15, -0.1) is 0 Å². The molecule has 0 saturated carbocycles. The molecule has 83 heavy (non-hydrogen) atoms. The van der Waals surface area contributed by atoms with Crippen LogP contribution in [0, 0.1) is 0 Å². The quantitative estimate of drug-likeness (QED) is 0.0358. The summed E-state index contributed by atoms with van der Waals surface area (Å²) >= 11 is 0. The SMILES string of the molecule is CN(C)C(O)=[N+](C)C.CN(C)C(O)=[N+](C)C.CN(C)C(O)=[N+](C)C.CN(C)C(O)=[N+](C)C.CN(C)C(O)=[N+](C)C.CN(C)C(O)=[N+](C)C.CN(C)C(O)=[N+](C)C.CN(C)C(O)=[N+](C)C.CN(C)C(O)=[N+](C)C.O=P([O-])([O-])[O-].[F-].[F-].[F-].[F-].[F-].[F-]. The summed E-state index contributed by atoms with van der Waals surface area (Å²) in [4.78, 5) is 40.4. The van der Waals surface area contributed by atoms with Crippen molar-refractivity contribution >= 4 is 62.0 Å². The molecule has 0 fully saturated rings. The number of phosphoric acid groups is 1. The van der Waals surface area contributed by atoms with Gasteiger partial charge in [-0.2, -0.15) is 7.82 Å². The summed E-state index contributed by atoms with van der Waals surface area (Å²) in [6.45, 7) is 0. The highest BCUT2D eigenvalue weighted by atomic mass is 31.2. The monoisotopic (exact) mass is 1260 g/mol. The second-order valence-electron chi connectivity index (χ2n) is 19.2. The van der Waals surface area contributed by atoms with Crippen molar-refractivity contribution in [3.8, 4) is 0 Å². The van der Waals surface area contributed by atoms with Gasteiger partial charge in [0.15, 0.2) is 0 Å². The van der Waals surface area contributed by atoms with Crippen LogP contribution in [0.5, 0.6) is 0 Å². The Bertz CT molecular complexity index is 1530. The summed E-state index contributed by atoms with van der Waals surface area (Å²) in [5.74, 6) is 0. The molecule has 0 unspecified atom stereocenters. The molecule has 0 amide bonds. The maximum atomic E-state index is 8.97. The van der Waals surface area contributed by atoms with Gasteiger partial charge in [-0.25, -0.2) is 85.3 Å². The van der Waals surface area contributed by atoms with Gasteiger partial charge in [-0.3, -0.25) is 0 Å². The van der Waals surface area contributed by atoms with Gasteiger partial charge in [0.2, 0.25) is 0 Å². The molecule has 0 heterocycles. The van der Waals surface area contributed by atoms with Crippen LogP contribution in [0.3, 0.4) is 0 Å². The van der Waals surface area contributed by atoms with Gasteiger partial charge in [0.1, 0.15) is 0 Å². The zero-order valence-electron chi connectivity index (χ0n) is 56.9. The van der Waals surface area contributed by atoms with Gasteiger partial charge < -0.3 is 93.4 Å². The summed E-state index contributed by atoms with van der Waals surface area (Å²) in [5.41, 5.74) is 0. The molecule has 0 aliphatic carbocycles. The number of amidine groups is 9. The van der Waals surface area contributed by atoms with Crippen LogP contribution in [0.15, 0.2) is 0 Å². The fraction of sp³-hybridized carbons (Fsp3) is 0.800. The van der Waals surface area contributed by atoms with Gasteiger partial charge in [0.05, 0.1) is 254 Å². The lowest BCUT2D eigenvalue weighted by Gasteiger charge is -2.36. The van der Waals surface area contributed by atoms with E-state index >= 15 is 0 Å². The van der Waals surface area contributed by atoms with E-state index in [-0.39, 0.29) is 82.4 Å². The van der Waals surface area contributed by atoms with Crippen LogP contribution < -0.4 is 42.9 Å². The zero-order valence-corrected chi connectivity index (χ0v) is 57.8. The van der Waals surface area contributed by atoms with Crippen molar-refractivity contribution in [1.29, 1.82) is 0 Å². The number of aliphatic hydroxyl groups excluding tert-OH is 9. The minimum absolute atomic E-state index is 0. The van der Waals surface area contributed by atoms with E-state index < -0.39 is 7.82 Å². The van der Waals surface area contributed by atoms with E-state index in [2.05, 4.69) is 0 Å². The standard InChI is InChI=1S/9C5H12N2O.6FH.H3O4P/c9*1-6(2)5(8)7(3)4;;;;;;;1-5(2,3)4/h9*1-4H3;6*1H;(H3,1,2,3,4). The highest BCUT2D eigenvalue weighted by molar-refractivity contribution is 7.40. The highest BCUT2D eigenvalue weighted by Gasteiger charge is 2.10. The summed E-state index contributed by atoms with van der Waals surface area (Å²) < 4.78 is 23.3. The van der Waals surface area contributed by atoms with Crippen LogP contribution >= 0.6 is 7.82 Å². The first kappa shape index (κ1) is 119. The van der Waals surface area contributed by atoms with Gasteiger partial charge >= 0.3 is 54.2 Å². The molecule has 0 aromatic rings. The van der Waals surface area contributed by atoms with Crippen LogP contribution in [-0.4, -0.2) is 439 Å². The van der Waals surface area contributed by atoms with Crippen LogP contribution in [-0.2, 0) is 4.57 Å². The van der Waals surface area contributed by atoms with Gasteiger partial charge in [-0.05, 0) is 0 Å². The lowest BCUT2D eigenvalue weighted by atomic mass is 10.8. The molecule has 9 N–H and O–H groups in total. The third-order valence-electron chi connectivity index (χ3n) is 7.20. The number of halogens is 6. The third kappa shape index (κ3) is 94.7. The van der Waals surface area contributed by atoms with Crippen LogP contribution in [0.1, 0.15) is 0 Å². The molecule has 0 radical (unpaired) electrons. The van der Waals surface area contributed by atoms with Crippen LogP contribution in [0.2, 0.25) is 0 Å². The summed E-state index contributed by atoms with van der Waals surface area (Å²) in [7, 11) is 58.9. The number of hydrogen-bond acceptors (Lipinski definition) is 4. The molecule has 31 nitrogen and oxygen atoms in total. The Morgan fingerprint density at radius 3 is 0.253 bits per heavy atom. The molecule has 0 rings (SSSR count). The van der Waals surface area contributed by atoms with Crippen LogP contribution in [0.25, 0.3) is 0 Å². The minimum atomic E-state index is -5.39. The highest BCUT2D eigenvalue weighted by Crippen LogP contribution is 2.03. The molecule has 0 atom stereocenters. The lowest BCUT2D eigenvalue weighted by molar-refractivity contribution is -0.479. The zero-order chi connectivity index (χ0) is 65.1. The van der Waals surface area contributed by atoms with Crippen molar-refractivity contribution in [3.05, 3.63) is 0 Å². The number of rotatable bonds is 0. The van der Waals surface area contributed by atoms with Gasteiger partial charge in [-0.1, -0.05) is 0 Å². The number of nitrogens with zero attached hydrogens (tertiary/aromatic N) is 18. The Kier molecular flexibility index (Phi) is 92.1. The van der Waals surface area contributed by atoms with E-state index in [4.69, 9.17) is 65.2 Å². The van der Waals surface area contributed by atoms with Gasteiger partial charge in [0, 0.05) is 0 Å². The Balaban J connectivity index is -0.0000000427. The van der Waals surface area contributed by atoms with E-state index in [0.717, 1.165) is 0 Å². The average molecular weight is 1260 g/mol. The predicted molar refractivity (Wildman–Crippen MR) is 308 cm³/mol. The smallest absolute Gasteiger partial charge is 0.442 e. The van der Waals surface area contributed by atoms with Crippen molar-refractivity contribution in [2.75, 3.05) is 254 Å². The number of hydrogen-bond donors (Lipinski definition) is 9. The molecule has 38 heteroatoms. The molecule has 0 aromatic heterocycles.